The van der Waals surface area contributed by atoms with E-state index in [1.54, 1.807) is 0 Å². The van der Waals surface area contributed by atoms with Crippen molar-refractivity contribution in [2.24, 2.45) is 0 Å². The molecule has 0 radical (unpaired) electrons. The quantitative estimate of drug-likeness (QED) is 0.0524. The number of H-pyrrole nitrogens is 2. The highest BCUT2D eigenvalue weighted by molar-refractivity contribution is 6.03. The van der Waals surface area contributed by atoms with Crippen molar-refractivity contribution in [2.45, 2.75) is 172 Å². The predicted molar refractivity (Wildman–Crippen MR) is 369 cm³/mol. The summed E-state index contributed by atoms with van der Waals surface area (Å²) in [6, 6.07) is 39.7. The van der Waals surface area contributed by atoms with Gasteiger partial charge in [0.15, 0.2) is 62.7 Å². The minimum absolute atomic E-state index is 0. The molecular weight excluding hydrogens is 1420 g/mol. The van der Waals surface area contributed by atoms with E-state index in [-0.39, 0.29) is 67.9 Å². The zero-order valence-electron chi connectivity index (χ0n) is 56.8. The van der Waals surface area contributed by atoms with Gasteiger partial charge in [0.25, 0.3) is 0 Å². The molecule has 9 aromatic rings. The van der Waals surface area contributed by atoms with Gasteiger partial charge in [0.1, 0.15) is 24.6 Å². The molecule has 14 heteroatoms. The summed E-state index contributed by atoms with van der Waals surface area (Å²) < 4.78 is 22.4. The third kappa shape index (κ3) is 16.9. The number of benzene rings is 2. The molecule has 2 aromatic carbocycles. The predicted octanol–water partition coefficient (Wildman–Crippen LogP) is 5.89. The molecule has 494 valence electrons. The first-order chi connectivity index (χ1) is 44.0. The van der Waals surface area contributed by atoms with Gasteiger partial charge in [-0.05, 0) is 181 Å². The lowest BCUT2D eigenvalue weighted by Gasteiger charge is -2.11. The van der Waals surface area contributed by atoms with Crippen LogP contribution in [0.25, 0.3) is 88.9 Å². The standard InChI is InChI=1S/C80H92N8O2.4BrH/c1-11-17-19-37-85-41-29-59(30-42-85)61-33-45-87(46-34-61)39-23-49-89-65-27-21-25-63(51-65)75-77-55(7)67(13-3)71(81-77)53-73-69(15-5)57(9)79(83-73)76(80-58(10)70(16-6)74(84-80)54-72-68(14-4)56(8)78(75)82-72)64-26-22-28-66(52-64)90-50-24-40-88-47-35-62(36-48-88)60-31-43-86(44-32-60)38-20-18-12-2;;;;/h21-22,25-36,41-48,51-54H,11-20,23-24,37-40,49-50H2,1-10H3;4*1H/q+2;;;;/p-2. The number of allylic oxidation sites excluding steroid dienone is 4. The van der Waals surface area contributed by atoms with E-state index < -0.39 is 0 Å². The molecular formula is C80H94Br4N8O2. The molecule has 8 bridgehead atoms. The van der Waals surface area contributed by atoms with Gasteiger partial charge in [0, 0.05) is 96.4 Å². The summed E-state index contributed by atoms with van der Waals surface area (Å²) in [5.74, 6) is 1.69. The summed E-state index contributed by atoms with van der Waals surface area (Å²) in [5, 5.41) is 0. The van der Waals surface area contributed by atoms with Gasteiger partial charge in [-0.15, -0.1) is 0 Å². The van der Waals surface area contributed by atoms with E-state index in [1.807, 2.05) is 0 Å². The number of aromatic nitrogens is 8. The van der Waals surface area contributed by atoms with Crippen LogP contribution in [0, 0.1) is 13.8 Å². The number of nitrogens with one attached hydrogen (secondary N) is 2. The van der Waals surface area contributed by atoms with E-state index in [9.17, 15) is 0 Å². The monoisotopic (exact) mass is 1510 g/mol. The fraction of sp³-hybridized carbons (Fsp3) is 0.350. The lowest BCUT2D eigenvalue weighted by molar-refractivity contribution is -0.697. The maximum Gasteiger partial charge on any atom is 0.169 e. The molecule has 10 nitrogen and oxygen atoms in total. The highest BCUT2D eigenvalue weighted by atomic mass is 79.9. The van der Waals surface area contributed by atoms with Gasteiger partial charge in [-0.2, -0.15) is 0 Å². The second-order valence-corrected chi connectivity index (χ2v) is 24.6. The summed E-state index contributed by atoms with van der Waals surface area (Å²) in [6.07, 6.45) is 30.1. The molecule has 0 aliphatic carbocycles. The number of nitrogens with zero attached hydrogens (tertiary/aromatic N) is 6. The Morgan fingerprint density at radius 2 is 0.702 bits per heavy atom. The summed E-state index contributed by atoms with van der Waals surface area (Å²) in [7, 11) is 0. The minimum Gasteiger partial charge on any atom is -1.00 e. The molecule has 0 saturated heterocycles. The van der Waals surface area contributed by atoms with E-state index in [0.29, 0.717) is 13.2 Å². The number of pyridine rings is 4. The fourth-order valence-electron chi connectivity index (χ4n) is 13.5. The summed E-state index contributed by atoms with van der Waals surface area (Å²) in [4.78, 5) is 19.5. The second-order valence-electron chi connectivity index (χ2n) is 24.6. The van der Waals surface area contributed by atoms with E-state index >= 15 is 0 Å². The first-order valence-electron chi connectivity index (χ1n) is 33.6. The third-order valence-corrected chi connectivity index (χ3v) is 18.6. The third-order valence-electron chi connectivity index (χ3n) is 18.6. The van der Waals surface area contributed by atoms with E-state index in [0.717, 1.165) is 143 Å². The molecule has 11 rings (SSSR count). The molecule has 0 fully saturated rings. The SMILES string of the molecule is CCCCC[n+]1ccc(-c2cc[n+](CCCOc3cccc(-c4c5nc(cc6[nH]c(c(C)c6CC)c(-c6cccc(OCCC[n+]7ccc(-c8cc[n+](CCCCC)cc8)cc7)c6)c6nc(cc7[nH]c4c(C)c7CC)C(CC)=C6C)C(CC)=C5C)c3)cc2)cc1.[Br-].[Br-].[Br-].[Br-]. The lowest BCUT2D eigenvalue weighted by Crippen LogP contribution is -3.00. The van der Waals surface area contributed by atoms with Crippen molar-refractivity contribution >= 4 is 44.4 Å². The highest BCUT2D eigenvalue weighted by Gasteiger charge is 2.26. The van der Waals surface area contributed by atoms with Gasteiger partial charge >= 0.3 is 0 Å². The Morgan fingerprint density at radius 1 is 0.372 bits per heavy atom. The summed E-state index contributed by atoms with van der Waals surface area (Å²) >= 11 is 0. The van der Waals surface area contributed by atoms with E-state index in [1.165, 1.54) is 105 Å². The molecule has 2 N–H and O–H groups in total. The molecule has 9 heterocycles. The zero-order valence-corrected chi connectivity index (χ0v) is 63.1. The Kier molecular flexibility index (Phi) is 27.9. The van der Waals surface area contributed by atoms with Gasteiger partial charge < -0.3 is 87.4 Å². The van der Waals surface area contributed by atoms with Crippen molar-refractivity contribution in [1.82, 2.24) is 19.9 Å². The topological polar surface area (TPSA) is 91.3 Å². The van der Waals surface area contributed by atoms with Crippen LogP contribution in [0.15, 0.2) is 159 Å². The maximum atomic E-state index is 6.63. The largest absolute Gasteiger partial charge is 1.00 e. The average Bonchev–Trinajstić information content (AvgIpc) is 1.59. The number of hydrogen-bond acceptors (Lipinski definition) is 4. The fourth-order valence-corrected chi connectivity index (χ4v) is 13.5. The number of ether oxygens (including phenoxy) is 2. The van der Waals surface area contributed by atoms with Crippen molar-refractivity contribution in [3.05, 3.63) is 204 Å². The first-order valence-corrected chi connectivity index (χ1v) is 33.6. The molecule has 0 saturated carbocycles. The van der Waals surface area contributed by atoms with Crippen LogP contribution in [0.1, 0.15) is 165 Å². The number of aryl methyl sites for hydroxylation is 8. The number of aromatic amines is 2. The van der Waals surface area contributed by atoms with Crippen molar-refractivity contribution in [3.63, 3.8) is 0 Å². The number of halogens is 4. The molecule has 0 atom stereocenters. The van der Waals surface area contributed by atoms with Crippen LogP contribution in [0.5, 0.6) is 11.5 Å². The van der Waals surface area contributed by atoms with Crippen LogP contribution in [-0.2, 0) is 39.0 Å². The molecule has 2 aliphatic rings. The van der Waals surface area contributed by atoms with Crippen molar-refractivity contribution < 1.29 is 95.7 Å². The Bertz CT molecular complexity index is 3970. The van der Waals surface area contributed by atoms with Crippen LogP contribution in [-0.4, -0.2) is 33.1 Å². The van der Waals surface area contributed by atoms with Gasteiger partial charge in [-0.25, -0.2) is 28.2 Å². The van der Waals surface area contributed by atoms with Gasteiger partial charge in [0.05, 0.1) is 47.0 Å². The van der Waals surface area contributed by atoms with E-state index in [2.05, 4.69) is 256 Å². The first kappa shape index (κ1) is 74.6. The van der Waals surface area contributed by atoms with Gasteiger partial charge in [0.2, 0.25) is 0 Å². The zero-order chi connectivity index (χ0) is 62.7. The van der Waals surface area contributed by atoms with E-state index in [4.69, 9.17) is 19.4 Å². The Balaban J connectivity index is 0.00000312. The normalized spacial score (nSPS) is 11.9. The van der Waals surface area contributed by atoms with Crippen molar-refractivity contribution in [2.75, 3.05) is 13.2 Å². The van der Waals surface area contributed by atoms with Crippen molar-refractivity contribution in [1.29, 1.82) is 0 Å². The second kappa shape index (κ2) is 35.2. The smallest absolute Gasteiger partial charge is 0.169 e. The Labute approximate surface area is 600 Å². The van der Waals surface area contributed by atoms with Gasteiger partial charge in [-0.3, -0.25) is 0 Å². The van der Waals surface area contributed by atoms with Crippen LogP contribution in [0.4, 0.5) is 0 Å². The maximum absolute atomic E-state index is 6.63. The van der Waals surface area contributed by atoms with Crippen LogP contribution >= 0.6 is 0 Å². The van der Waals surface area contributed by atoms with Crippen LogP contribution in [0.3, 0.4) is 0 Å². The minimum atomic E-state index is 0. The van der Waals surface area contributed by atoms with Crippen LogP contribution < -0.4 is 95.7 Å². The molecule has 7 aromatic heterocycles. The molecule has 2 aliphatic heterocycles. The summed E-state index contributed by atoms with van der Waals surface area (Å²) in [6.45, 7) is 27.6. The lowest BCUT2D eigenvalue weighted by atomic mass is 9.95. The molecule has 0 unspecified atom stereocenters. The van der Waals surface area contributed by atoms with Crippen LogP contribution in [0.2, 0.25) is 0 Å². The highest BCUT2D eigenvalue weighted by Crippen LogP contribution is 2.44. The Hall–Kier alpha value is -6.84. The number of hydrogen-bond donors (Lipinski definition) is 2. The van der Waals surface area contributed by atoms with Crippen molar-refractivity contribution in [3.8, 4) is 56.0 Å². The Morgan fingerprint density at radius 3 is 1.01 bits per heavy atom. The number of rotatable bonds is 26. The molecule has 0 amide bonds. The molecule has 0 spiro atoms. The number of unbranched alkanes of at least 4 members (excludes halogenated alkanes) is 4. The summed E-state index contributed by atoms with van der Waals surface area (Å²) in [5.41, 5.74) is 27.3. The van der Waals surface area contributed by atoms with Gasteiger partial charge in [-0.1, -0.05) is 78.6 Å². The molecule has 94 heavy (non-hydrogen) atoms. The average molecular weight is 1520 g/mol. The number of fused-ring (bicyclic) bond motifs is 8.